The SMILES string of the molecule is COCCn1c(-c2ccc(C(C)C)cc2)ccc(C=O)c1=O. The van der Waals surface area contributed by atoms with Gasteiger partial charge in [-0.25, -0.2) is 0 Å². The van der Waals surface area contributed by atoms with Crippen LogP contribution in [-0.2, 0) is 11.3 Å². The van der Waals surface area contributed by atoms with Gasteiger partial charge in [0.2, 0.25) is 0 Å². The molecule has 1 heterocycles. The van der Waals surface area contributed by atoms with Gasteiger partial charge in [-0.1, -0.05) is 38.1 Å². The Balaban J connectivity index is 2.51. The van der Waals surface area contributed by atoms with Crippen LogP contribution in [0.5, 0.6) is 0 Å². The summed E-state index contributed by atoms with van der Waals surface area (Å²) in [5, 5.41) is 0. The lowest BCUT2D eigenvalue weighted by atomic mass is 10.0. The molecule has 0 saturated carbocycles. The Kier molecular flexibility index (Phi) is 5.28. The van der Waals surface area contributed by atoms with Crippen molar-refractivity contribution in [2.45, 2.75) is 26.3 Å². The Morgan fingerprint density at radius 3 is 2.36 bits per heavy atom. The Bertz CT molecular complexity index is 699. The molecule has 0 radical (unpaired) electrons. The van der Waals surface area contributed by atoms with Crippen LogP contribution in [0.3, 0.4) is 0 Å². The summed E-state index contributed by atoms with van der Waals surface area (Å²) >= 11 is 0. The highest BCUT2D eigenvalue weighted by molar-refractivity contribution is 5.75. The maximum Gasteiger partial charge on any atom is 0.261 e. The number of ether oxygens (including phenoxy) is 1. The second-order valence-corrected chi connectivity index (χ2v) is 5.52. The van der Waals surface area contributed by atoms with E-state index in [1.807, 2.05) is 18.2 Å². The minimum Gasteiger partial charge on any atom is -0.383 e. The Labute approximate surface area is 130 Å². The number of benzene rings is 1. The maximum atomic E-state index is 12.4. The van der Waals surface area contributed by atoms with E-state index < -0.39 is 0 Å². The molecule has 0 aliphatic rings. The summed E-state index contributed by atoms with van der Waals surface area (Å²) < 4.78 is 6.66. The van der Waals surface area contributed by atoms with Crippen molar-refractivity contribution in [1.29, 1.82) is 0 Å². The number of nitrogens with zero attached hydrogens (tertiary/aromatic N) is 1. The van der Waals surface area contributed by atoms with Crippen LogP contribution in [0, 0.1) is 0 Å². The van der Waals surface area contributed by atoms with E-state index in [-0.39, 0.29) is 11.1 Å². The van der Waals surface area contributed by atoms with Crippen molar-refractivity contribution in [2.24, 2.45) is 0 Å². The number of hydrogen-bond acceptors (Lipinski definition) is 3. The van der Waals surface area contributed by atoms with Crippen LogP contribution in [0.15, 0.2) is 41.2 Å². The number of hydrogen-bond donors (Lipinski definition) is 0. The van der Waals surface area contributed by atoms with E-state index >= 15 is 0 Å². The zero-order valence-electron chi connectivity index (χ0n) is 13.2. The van der Waals surface area contributed by atoms with Crippen molar-refractivity contribution in [1.82, 2.24) is 4.57 Å². The maximum absolute atomic E-state index is 12.4. The summed E-state index contributed by atoms with van der Waals surface area (Å²) in [6.07, 6.45) is 0.595. The largest absolute Gasteiger partial charge is 0.383 e. The number of rotatable bonds is 6. The minimum atomic E-state index is -0.280. The molecule has 0 aliphatic heterocycles. The highest BCUT2D eigenvalue weighted by atomic mass is 16.5. The summed E-state index contributed by atoms with van der Waals surface area (Å²) in [4.78, 5) is 23.3. The fraction of sp³-hybridized carbons (Fsp3) is 0.333. The van der Waals surface area contributed by atoms with Crippen molar-refractivity contribution in [3.05, 3.63) is 57.9 Å². The zero-order valence-corrected chi connectivity index (χ0v) is 13.2. The van der Waals surface area contributed by atoms with Gasteiger partial charge in [-0.05, 0) is 29.2 Å². The molecule has 4 heteroatoms. The van der Waals surface area contributed by atoms with E-state index in [0.717, 1.165) is 11.3 Å². The lowest BCUT2D eigenvalue weighted by molar-refractivity contribution is 0.112. The van der Waals surface area contributed by atoms with Gasteiger partial charge in [-0.2, -0.15) is 0 Å². The predicted molar refractivity (Wildman–Crippen MR) is 87.5 cm³/mol. The number of aldehydes is 1. The first-order valence-electron chi connectivity index (χ1n) is 7.36. The number of pyridine rings is 1. The van der Waals surface area contributed by atoms with Gasteiger partial charge in [-0.15, -0.1) is 0 Å². The normalized spacial score (nSPS) is 10.9. The summed E-state index contributed by atoms with van der Waals surface area (Å²) in [6, 6.07) is 11.5. The molecular formula is C18H21NO3. The quantitative estimate of drug-likeness (QED) is 0.770. The summed E-state index contributed by atoms with van der Waals surface area (Å²) in [6.45, 7) is 5.11. The van der Waals surface area contributed by atoms with Crippen LogP contribution in [0.25, 0.3) is 11.3 Å². The van der Waals surface area contributed by atoms with Crippen LogP contribution in [0.4, 0.5) is 0 Å². The number of carbonyl (C=O) groups is 1. The highest BCUT2D eigenvalue weighted by Crippen LogP contribution is 2.22. The van der Waals surface area contributed by atoms with E-state index in [1.54, 1.807) is 17.7 Å². The van der Waals surface area contributed by atoms with Gasteiger partial charge in [0.15, 0.2) is 6.29 Å². The summed E-state index contributed by atoms with van der Waals surface area (Å²) in [7, 11) is 1.59. The third kappa shape index (κ3) is 3.34. The first kappa shape index (κ1) is 16.2. The van der Waals surface area contributed by atoms with Crippen molar-refractivity contribution in [2.75, 3.05) is 13.7 Å². The van der Waals surface area contributed by atoms with Crippen molar-refractivity contribution >= 4 is 6.29 Å². The van der Waals surface area contributed by atoms with E-state index in [4.69, 9.17) is 4.74 Å². The fourth-order valence-corrected chi connectivity index (χ4v) is 2.38. The van der Waals surface area contributed by atoms with Crippen molar-refractivity contribution in [3.63, 3.8) is 0 Å². The average molecular weight is 299 g/mol. The molecule has 116 valence electrons. The van der Waals surface area contributed by atoms with Crippen LogP contribution in [0.2, 0.25) is 0 Å². The molecule has 1 aromatic heterocycles. The zero-order chi connectivity index (χ0) is 16.1. The van der Waals surface area contributed by atoms with E-state index in [9.17, 15) is 9.59 Å². The van der Waals surface area contributed by atoms with Gasteiger partial charge in [-0.3, -0.25) is 9.59 Å². The number of aromatic nitrogens is 1. The molecule has 0 bridgehead atoms. The number of methoxy groups -OCH3 is 1. The van der Waals surface area contributed by atoms with E-state index in [0.29, 0.717) is 25.4 Å². The lowest BCUT2D eigenvalue weighted by Crippen LogP contribution is -2.26. The van der Waals surface area contributed by atoms with Crippen LogP contribution in [-0.4, -0.2) is 24.6 Å². The van der Waals surface area contributed by atoms with Gasteiger partial charge in [0.25, 0.3) is 5.56 Å². The molecule has 2 aromatic rings. The molecule has 0 atom stereocenters. The van der Waals surface area contributed by atoms with Gasteiger partial charge in [0.05, 0.1) is 17.9 Å². The first-order chi connectivity index (χ1) is 10.6. The van der Waals surface area contributed by atoms with E-state index in [1.165, 1.54) is 5.56 Å². The second-order valence-electron chi connectivity index (χ2n) is 5.52. The van der Waals surface area contributed by atoms with Gasteiger partial charge >= 0.3 is 0 Å². The van der Waals surface area contributed by atoms with Gasteiger partial charge in [0, 0.05) is 13.7 Å². The van der Waals surface area contributed by atoms with E-state index in [2.05, 4.69) is 26.0 Å². The fourth-order valence-electron chi connectivity index (χ4n) is 2.38. The molecule has 0 unspecified atom stereocenters. The second kappa shape index (κ2) is 7.18. The molecule has 0 aliphatic carbocycles. The third-order valence-corrected chi connectivity index (χ3v) is 3.72. The molecule has 2 rings (SSSR count). The van der Waals surface area contributed by atoms with Crippen LogP contribution >= 0.6 is 0 Å². The lowest BCUT2D eigenvalue weighted by Gasteiger charge is -2.14. The topological polar surface area (TPSA) is 48.3 Å². The summed E-state index contributed by atoms with van der Waals surface area (Å²) in [5.41, 5.74) is 2.88. The molecule has 4 nitrogen and oxygen atoms in total. The third-order valence-electron chi connectivity index (χ3n) is 3.72. The number of carbonyl (C=O) groups excluding carboxylic acids is 1. The Morgan fingerprint density at radius 1 is 1.14 bits per heavy atom. The minimum absolute atomic E-state index is 0.165. The average Bonchev–Trinajstić information content (AvgIpc) is 2.53. The molecule has 1 aromatic carbocycles. The molecule has 0 saturated heterocycles. The van der Waals surface area contributed by atoms with Gasteiger partial charge < -0.3 is 9.30 Å². The molecular weight excluding hydrogens is 278 g/mol. The molecule has 0 spiro atoms. The van der Waals surface area contributed by atoms with Crippen LogP contribution in [0.1, 0.15) is 35.7 Å². The Hall–Kier alpha value is -2.20. The van der Waals surface area contributed by atoms with Gasteiger partial charge in [0.1, 0.15) is 0 Å². The highest BCUT2D eigenvalue weighted by Gasteiger charge is 2.10. The molecule has 22 heavy (non-hydrogen) atoms. The van der Waals surface area contributed by atoms with Crippen LogP contribution < -0.4 is 5.56 Å². The molecule has 0 fully saturated rings. The molecule has 0 amide bonds. The molecule has 0 N–H and O–H groups in total. The van der Waals surface area contributed by atoms with Crippen molar-refractivity contribution in [3.8, 4) is 11.3 Å². The first-order valence-corrected chi connectivity index (χ1v) is 7.36. The monoisotopic (exact) mass is 299 g/mol. The summed E-state index contributed by atoms with van der Waals surface area (Å²) in [5.74, 6) is 0.460. The smallest absolute Gasteiger partial charge is 0.261 e. The van der Waals surface area contributed by atoms with Crippen molar-refractivity contribution < 1.29 is 9.53 Å². The Morgan fingerprint density at radius 2 is 1.82 bits per heavy atom. The predicted octanol–water partition coefficient (Wildman–Crippen LogP) is 3.10. The standard InChI is InChI=1S/C18H21NO3/c1-13(2)14-4-6-15(7-5-14)17-9-8-16(12-20)18(21)19(17)10-11-22-3/h4-9,12-13H,10-11H2,1-3H3.